The zero-order valence-electron chi connectivity index (χ0n) is 9.13. The van der Waals surface area contributed by atoms with E-state index in [1.165, 1.54) is 0 Å². The Morgan fingerprint density at radius 2 is 1.93 bits per heavy atom. The van der Waals surface area contributed by atoms with Gasteiger partial charge in [0.05, 0.1) is 13.2 Å². The Kier molecular flexibility index (Phi) is 3.63. The molecule has 1 N–H and O–H groups in total. The number of nitrogens with one attached hydrogen (secondary N) is 1. The van der Waals surface area contributed by atoms with Crippen molar-refractivity contribution in [2.75, 3.05) is 19.5 Å². The summed E-state index contributed by atoms with van der Waals surface area (Å²) in [6.07, 6.45) is 0.157. The van der Waals surface area contributed by atoms with Crippen LogP contribution >= 0.6 is 0 Å². The van der Waals surface area contributed by atoms with Crippen LogP contribution in [-0.4, -0.2) is 20.3 Å². The summed E-state index contributed by atoms with van der Waals surface area (Å²) < 4.78 is 10.8. The summed E-state index contributed by atoms with van der Waals surface area (Å²) in [5.74, 6) is 1.53. The van der Waals surface area contributed by atoms with Crippen molar-refractivity contribution >= 4 is 5.69 Å². The van der Waals surface area contributed by atoms with Crippen LogP contribution in [-0.2, 0) is 0 Å². The smallest absolute Gasteiger partial charge is 0.162 e. The Labute approximate surface area is 85.0 Å². The first-order valence-electron chi connectivity index (χ1n) is 4.69. The zero-order chi connectivity index (χ0) is 10.6. The maximum atomic E-state index is 5.58. The van der Waals surface area contributed by atoms with Crippen molar-refractivity contribution in [1.29, 1.82) is 0 Å². The van der Waals surface area contributed by atoms with Gasteiger partial charge >= 0.3 is 0 Å². The molecule has 3 nitrogen and oxygen atoms in total. The summed E-state index contributed by atoms with van der Waals surface area (Å²) in [7, 11) is 3.51. The molecule has 0 unspecified atom stereocenters. The normalized spacial score (nSPS) is 10.1. The molecule has 1 rings (SSSR count). The lowest BCUT2D eigenvalue weighted by molar-refractivity contribution is 0.230. The zero-order valence-corrected chi connectivity index (χ0v) is 9.13. The van der Waals surface area contributed by atoms with E-state index in [1.54, 1.807) is 7.11 Å². The van der Waals surface area contributed by atoms with Crippen molar-refractivity contribution in [3.63, 3.8) is 0 Å². The molecule has 0 aliphatic rings. The number of hydrogen-bond donors (Lipinski definition) is 1. The van der Waals surface area contributed by atoms with Gasteiger partial charge in [0.15, 0.2) is 11.5 Å². The molecule has 14 heavy (non-hydrogen) atoms. The molecule has 0 heterocycles. The van der Waals surface area contributed by atoms with Crippen LogP contribution in [0.1, 0.15) is 13.8 Å². The van der Waals surface area contributed by atoms with Gasteiger partial charge in [-0.15, -0.1) is 0 Å². The Bertz CT molecular complexity index is 297. The largest absolute Gasteiger partial charge is 0.493 e. The van der Waals surface area contributed by atoms with Gasteiger partial charge in [-0.05, 0) is 26.0 Å². The monoisotopic (exact) mass is 195 g/mol. The molecule has 0 fully saturated rings. The minimum absolute atomic E-state index is 0.157. The van der Waals surface area contributed by atoms with Crippen molar-refractivity contribution < 1.29 is 9.47 Å². The number of methoxy groups -OCH3 is 1. The van der Waals surface area contributed by atoms with E-state index < -0.39 is 0 Å². The fourth-order valence-electron chi connectivity index (χ4n) is 1.17. The van der Waals surface area contributed by atoms with Crippen LogP contribution in [0.4, 0.5) is 5.69 Å². The SMILES string of the molecule is CNc1ccc(OC(C)C)c(OC)c1. The molecule has 3 heteroatoms. The van der Waals surface area contributed by atoms with Crippen molar-refractivity contribution in [3.05, 3.63) is 18.2 Å². The molecule has 0 saturated carbocycles. The van der Waals surface area contributed by atoms with E-state index in [0.29, 0.717) is 0 Å². The van der Waals surface area contributed by atoms with E-state index in [2.05, 4.69) is 5.32 Å². The second kappa shape index (κ2) is 4.74. The van der Waals surface area contributed by atoms with Crippen molar-refractivity contribution in [3.8, 4) is 11.5 Å². The maximum Gasteiger partial charge on any atom is 0.162 e. The molecule has 0 aromatic heterocycles. The van der Waals surface area contributed by atoms with Gasteiger partial charge in [-0.25, -0.2) is 0 Å². The Hall–Kier alpha value is -1.38. The first kappa shape index (κ1) is 10.7. The first-order valence-corrected chi connectivity index (χ1v) is 4.69. The highest BCUT2D eigenvalue weighted by Gasteiger charge is 2.06. The molecule has 78 valence electrons. The second-order valence-corrected chi connectivity index (χ2v) is 3.28. The van der Waals surface area contributed by atoms with Crippen LogP contribution in [0.3, 0.4) is 0 Å². The summed E-state index contributed by atoms with van der Waals surface area (Å²) >= 11 is 0. The second-order valence-electron chi connectivity index (χ2n) is 3.28. The lowest BCUT2D eigenvalue weighted by Crippen LogP contribution is -2.06. The van der Waals surface area contributed by atoms with Crippen molar-refractivity contribution in [2.24, 2.45) is 0 Å². The highest BCUT2D eigenvalue weighted by molar-refractivity contribution is 5.54. The van der Waals surface area contributed by atoms with E-state index in [0.717, 1.165) is 17.2 Å². The first-order chi connectivity index (χ1) is 6.67. The van der Waals surface area contributed by atoms with E-state index >= 15 is 0 Å². The number of anilines is 1. The molecule has 1 aromatic carbocycles. The van der Waals surface area contributed by atoms with Gasteiger partial charge in [-0.2, -0.15) is 0 Å². The van der Waals surface area contributed by atoms with Gasteiger partial charge in [0.2, 0.25) is 0 Å². The fourth-order valence-corrected chi connectivity index (χ4v) is 1.17. The van der Waals surface area contributed by atoms with Gasteiger partial charge in [0.1, 0.15) is 0 Å². The fraction of sp³-hybridized carbons (Fsp3) is 0.455. The molecule has 0 saturated heterocycles. The van der Waals surface area contributed by atoms with Crippen molar-refractivity contribution in [2.45, 2.75) is 20.0 Å². The highest BCUT2D eigenvalue weighted by atomic mass is 16.5. The molecular weight excluding hydrogens is 178 g/mol. The third kappa shape index (κ3) is 2.55. The molecule has 0 spiro atoms. The summed E-state index contributed by atoms with van der Waals surface area (Å²) in [5, 5.41) is 3.05. The number of ether oxygens (including phenoxy) is 2. The predicted molar refractivity (Wildman–Crippen MR) is 58.3 cm³/mol. The third-order valence-electron chi connectivity index (χ3n) is 1.81. The lowest BCUT2D eigenvalue weighted by Gasteiger charge is -2.14. The van der Waals surface area contributed by atoms with E-state index in [9.17, 15) is 0 Å². The number of benzene rings is 1. The number of hydrogen-bond acceptors (Lipinski definition) is 3. The minimum Gasteiger partial charge on any atom is -0.493 e. The quantitative estimate of drug-likeness (QED) is 0.800. The van der Waals surface area contributed by atoms with Crippen LogP contribution in [0.15, 0.2) is 18.2 Å². The van der Waals surface area contributed by atoms with Crippen LogP contribution in [0.5, 0.6) is 11.5 Å². The van der Waals surface area contributed by atoms with Crippen LogP contribution < -0.4 is 14.8 Å². The van der Waals surface area contributed by atoms with Crippen LogP contribution in [0, 0.1) is 0 Å². The van der Waals surface area contributed by atoms with Gasteiger partial charge in [-0.3, -0.25) is 0 Å². The molecule has 1 aromatic rings. The summed E-state index contributed by atoms with van der Waals surface area (Å²) in [5.41, 5.74) is 1.01. The molecule has 0 atom stereocenters. The van der Waals surface area contributed by atoms with Gasteiger partial charge in [0.25, 0.3) is 0 Å². The standard InChI is InChI=1S/C11H17NO2/c1-8(2)14-10-6-5-9(12-3)7-11(10)13-4/h5-8,12H,1-4H3. The minimum atomic E-state index is 0.157. The molecule has 0 radical (unpaired) electrons. The van der Waals surface area contributed by atoms with Gasteiger partial charge in [-0.1, -0.05) is 0 Å². The van der Waals surface area contributed by atoms with E-state index in [1.807, 2.05) is 39.1 Å². The van der Waals surface area contributed by atoms with Crippen LogP contribution in [0.25, 0.3) is 0 Å². The Morgan fingerprint density at radius 3 is 2.43 bits per heavy atom. The maximum absolute atomic E-state index is 5.58. The third-order valence-corrected chi connectivity index (χ3v) is 1.81. The Balaban J connectivity index is 2.93. The van der Waals surface area contributed by atoms with Gasteiger partial charge in [0, 0.05) is 18.8 Å². The molecule has 0 aliphatic heterocycles. The molecule has 0 amide bonds. The van der Waals surface area contributed by atoms with E-state index in [-0.39, 0.29) is 6.10 Å². The predicted octanol–water partition coefficient (Wildman–Crippen LogP) is 2.52. The van der Waals surface area contributed by atoms with E-state index in [4.69, 9.17) is 9.47 Å². The Morgan fingerprint density at radius 1 is 1.21 bits per heavy atom. The average molecular weight is 195 g/mol. The van der Waals surface area contributed by atoms with Crippen molar-refractivity contribution in [1.82, 2.24) is 0 Å². The average Bonchev–Trinajstić information content (AvgIpc) is 2.17. The summed E-state index contributed by atoms with van der Waals surface area (Å²) in [6, 6.07) is 5.78. The highest BCUT2D eigenvalue weighted by Crippen LogP contribution is 2.30. The summed E-state index contributed by atoms with van der Waals surface area (Å²) in [4.78, 5) is 0. The molecular formula is C11H17NO2. The molecule has 0 bridgehead atoms. The van der Waals surface area contributed by atoms with Crippen LogP contribution in [0.2, 0.25) is 0 Å². The topological polar surface area (TPSA) is 30.5 Å². The van der Waals surface area contributed by atoms with Gasteiger partial charge < -0.3 is 14.8 Å². The molecule has 0 aliphatic carbocycles. The number of rotatable bonds is 4. The lowest BCUT2D eigenvalue weighted by atomic mass is 10.2. The summed E-state index contributed by atoms with van der Waals surface area (Å²) in [6.45, 7) is 3.98.